The molecule has 21 heavy (non-hydrogen) atoms. The monoisotopic (exact) mass is 293 g/mol. The second-order valence-electron chi connectivity index (χ2n) is 6.03. The van der Waals surface area contributed by atoms with E-state index in [-0.39, 0.29) is 5.97 Å². The topological polar surface area (TPSA) is 38.8 Å². The molecule has 0 aromatic heterocycles. The van der Waals surface area contributed by atoms with Crippen LogP contribution in [0.3, 0.4) is 0 Å². The van der Waals surface area contributed by atoms with E-state index in [1.54, 1.807) is 0 Å². The van der Waals surface area contributed by atoms with Crippen molar-refractivity contribution in [2.45, 2.75) is 46.6 Å². The third-order valence-electron chi connectivity index (χ3n) is 3.54. The zero-order valence-corrected chi connectivity index (χ0v) is 14.2. The van der Waals surface area contributed by atoms with Crippen LogP contribution in [-0.2, 0) is 4.79 Å². The number of hydrogen-bond acceptors (Lipinski definition) is 4. The van der Waals surface area contributed by atoms with Gasteiger partial charge in [-0.25, -0.2) is 0 Å². The Kier molecular flexibility index (Phi) is 6.21. The molecule has 0 spiro atoms. The molecule has 1 unspecified atom stereocenters. The quantitative estimate of drug-likeness (QED) is 0.595. The van der Waals surface area contributed by atoms with Crippen LogP contribution >= 0.6 is 0 Å². The van der Waals surface area contributed by atoms with Crippen molar-refractivity contribution >= 4 is 5.97 Å². The van der Waals surface area contributed by atoms with E-state index < -0.39 is 0 Å². The number of benzene rings is 1. The Bertz CT molecular complexity index is 495. The van der Waals surface area contributed by atoms with E-state index in [4.69, 9.17) is 9.47 Å². The molecular weight excluding hydrogens is 266 g/mol. The fraction of sp³-hybridized carbons (Fsp3) is 0.588. The normalized spacial score (nSPS) is 12.6. The van der Waals surface area contributed by atoms with Gasteiger partial charge in [-0.3, -0.25) is 4.79 Å². The Balaban J connectivity index is 3.02. The van der Waals surface area contributed by atoms with E-state index >= 15 is 0 Å². The van der Waals surface area contributed by atoms with Gasteiger partial charge in [0.15, 0.2) is 0 Å². The lowest BCUT2D eigenvalue weighted by molar-refractivity contribution is -0.131. The van der Waals surface area contributed by atoms with Crippen LogP contribution in [0.4, 0.5) is 0 Å². The van der Waals surface area contributed by atoms with Gasteiger partial charge in [-0.2, -0.15) is 0 Å². The number of carbonyl (C=O) groups excluding carboxylic acids is 1. The lowest BCUT2D eigenvalue weighted by Gasteiger charge is -2.22. The number of esters is 1. The van der Waals surface area contributed by atoms with Crippen LogP contribution in [0.1, 0.15) is 44.7 Å². The van der Waals surface area contributed by atoms with E-state index in [1.807, 2.05) is 33.2 Å². The summed E-state index contributed by atoms with van der Waals surface area (Å²) < 4.78 is 11.2. The number of ether oxygens (including phenoxy) is 2. The highest BCUT2D eigenvalue weighted by molar-refractivity contribution is 5.70. The molecule has 4 heteroatoms. The van der Waals surface area contributed by atoms with Crippen molar-refractivity contribution < 1.29 is 14.3 Å². The summed E-state index contributed by atoms with van der Waals surface area (Å²) in [5.41, 5.74) is 1.96. The van der Waals surface area contributed by atoms with Crippen molar-refractivity contribution in [2.75, 3.05) is 20.7 Å². The highest BCUT2D eigenvalue weighted by Crippen LogP contribution is 2.33. The smallest absolute Gasteiger partial charge is 0.308 e. The summed E-state index contributed by atoms with van der Waals surface area (Å²) in [5.74, 6) is 1.47. The van der Waals surface area contributed by atoms with Gasteiger partial charge in [0.1, 0.15) is 18.1 Å². The zero-order chi connectivity index (χ0) is 16.2. The maximum absolute atomic E-state index is 11.2. The third-order valence-corrected chi connectivity index (χ3v) is 3.54. The molecule has 0 aliphatic heterocycles. The molecular formula is C17H27NO3. The maximum Gasteiger partial charge on any atom is 0.308 e. The average Bonchev–Trinajstić information content (AvgIpc) is 2.37. The fourth-order valence-corrected chi connectivity index (χ4v) is 1.88. The van der Waals surface area contributed by atoms with Crippen molar-refractivity contribution in [1.82, 2.24) is 4.90 Å². The Hall–Kier alpha value is -1.55. The summed E-state index contributed by atoms with van der Waals surface area (Å²) >= 11 is 0. The lowest BCUT2D eigenvalue weighted by Crippen LogP contribution is -2.30. The van der Waals surface area contributed by atoms with Gasteiger partial charge in [0, 0.05) is 18.5 Å². The second-order valence-corrected chi connectivity index (χ2v) is 6.03. The number of hydrogen-bond donors (Lipinski definition) is 0. The van der Waals surface area contributed by atoms with Gasteiger partial charge in [0.05, 0.1) is 0 Å². The van der Waals surface area contributed by atoms with Crippen LogP contribution in [0.2, 0.25) is 0 Å². The Labute approximate surface area is 128 Å². The summed E-state index contributed by atoms with van der Waals surface area (Å²) in [6.45, 7) is 10.3. The molecule has 1 rings (SSSR count). The molecule has 0 fully saturated rings. The molecule has 0 N–H and O–H groups in total. The van der Waals surface area contributed by atoms with Crippen LogP contribution in [0, 0.1) is 6.92 Å². The SMILES string of the molecule is CC(=O)Oc1cc(C(C)C)c(OCC(C)N(C)C)cc1C. The Morgan fingerprint density at radius 1 is 1.19 bits per heavy atom. The van der Waals surface area contributed by atoms with Crippen LogP contribution in [0.25, 0.3) is 0 Å². The molecule has 1 atom stereocenters. The first-order valence-corrected chi connectivity index (χ1v) is 7.34. The number of likely N-dealkylation sites (N-methyl/N-ethyl adjacent to an activating group) is 1. The number of carbonyl (C=O) groups is 1. The molecule has 1 aromatic rings. The van der Waals surface area contributed by atoms with Gasteiger partial charge in [0.25, 0.3) is 0 Å². The van der Waals surface area contributed by atoms with Gasteiger partial charge in [0.2, 0.25) is 0 Å². The summed E-state index contributed by atoms with van der Waals surface area (Å²) in [7, 11) is 4.07. The number of rotatable bonds is 6. The minimum atomic E-state index is -0.303. The van der Waals surface area contributed by atoms with E-state index in [9.17, 15) is 4.79 Å². The van der Waals surface area contributed by atoms with Gasteiger partial charge in [-0.15, -0.1) is 0 Å². The van der Waals surface area contributed by atoms with Gasteiger partial charge in [-0.1, -0.05) is 13.8 Å². The molecule has 0 saturated heterocycles. The third kappa shape index (κ3) is 5.05. The van der Waals surface area contributed by atoms with Crippen LogP contribution in [0.15, 0.2) is 12.1 Å². The molecule has 0 bridgehead atoms. The van der Waals surface area contributed by atoms with Crippen LogP contribution in [-0.4, -0.2) is 37.6 Å². The highest BCUT2D eigenvalue weighted by Gasteiger charge is 2.15. The standard InChI is InChI=1S/C17H27NO3/c1-11(2)15-9-16(21-14(5)19)12(3)8-17(15)20-10-13(4)18(6)7/h8-9,11,13H,10H2,1-7H3. The predicted molar refractivity (Wildman–Crippen MR) is 85.2 cm³/mol. The average molecular weight is 293 g/mol. The van der Waals surface area contributed by atoms with Gasteiger partial charge < -0.3 is 14.4 Å². The Morgan fingerprint density at radius 3 is 2.29 bits per heavy atom. The molecule has 0 aliphatic rings. The van der Waals surface area contributed by atoms with E-state index in [1.165, 1.54) is 6.92 Å². The summed E-state index contributed by atoms with van der Waals surface area (Å²) in [6, 6.07) is 4.20. The minimum Gasteiger partial charge on any atom is -0.492 e. The molecule has 0 saturated carbocycles. The fourth-order valence-electron chi connectivity index (χ4n) is 1.88. The van der Waals surface area contributed by atoms with Crippen LogP contribution in [0.5, 0.6) is 11.5 Å². The molecule has 0 heterocycles. The molecule has 0 aliphatic carbocycles. The molecule has 0 amide bonds. The molecule has 4 nitrogen and oxygen atoms in total. The Morgan fingerprint density at radius 2 is 1.81 bits per heavy atom. The summed E-state index contributed by atoms with van der Waals surface area (Å²) in [4.78, 5) is 13.3. The summed E-state index contributed by atoms with van der Waals surface area (Å²) in [6.07, 6.45) is 0. The van der Waals surface area contributed by atoms with E-state index in [2.05, 4.69) is 25.7 Å². The van der Waals surface area contributed by atoms with E-state index in [0.29, 0.717) is 24.3 Å². The van der Waals surface area contributed by atoms with Crippen molar-refractivity contribution in [3.8, 4) is 11.5 Å². The largest absolute Gasteiger partial charge is 0.492 e. The summed E-state index contributed by atoms with van der Waals surface area (Å²) in [5, 5.41) is 0. The number of nitrogens with zero attached hydrogens (tertiary/aromatic N) is 1. The minimum absolute atomic E-state index is 0.296. The van der Waals surface area contributed by atoms with E-state index in [0.717, 1.165) is 16.9 Å². The van der Waals surface area contributed by atoms with Crippen LogP contribution < -0.4 is 9.47 Å². The lowest BCUT2D eigenvalue weighted by atomic mass is 9.99. The van der Waals surface area contributed by atoms with Crippen molar-refractivity contribution in [1.29, 1.82) is 0 Å². The van der Waals surface area contributed by atoms with Gasteiger partial charge in [-0.05, 0) is 51.6 Å². The first-order chi connectivity index (χ1) is 9.72. The zero-order valence-electron chi connectivity index (χ0n) is 14.2. The predicted octanol–water partition coefficient (Wildman–Crippen LogP) is 3.37. The first-order valence-electron chi connectivity index (χ1n) is 7.34. The number of aryl methyl sites for hydroxylation is 1. The molecule has 1 aromatic carbocycles. The first kappa shape index (κ1) is 17.5. The maximum atomic E-state index is 11.2. The highest BCUT2D eigenvalue weighted by atomic mass is 16.5. The molecule has 118 valence electrons. The van der Waals surface area contributed by atoms with Crippen molar-refractivity contribution in [3.05, 3.63) is 23.3 Å². The molecule has 0 radical (unpaired) electrons. The van der Waals surface area contributed by atoms with Crippen molar-refractivity contribution in [2.24, 2.45) is 0 Å². The second kappa shape index (κ2) is 7.46. The van der Waals surface area contributed by atoms with Gasteiger partial charge >= 0.3 is 5.97 Å². The van der Waals surface area contributed by atoms with Crippen molar-refractivity contribution in [3.63, 3.8) is 0 Å².